The molecule has 0 aliphatic carbocycles. The number of nitrogens with one attached hydrogen (secondary N) is 1. The van der Waals surface area contributed by atoms with E-state index in [2.05, 4.69) is 10.4 Å². The fraction of sp³-hybridized carbons (Fsp3) is 0.429. The molecule has 1 heterocycles. The van der Waals surface area contributed by atoms with E-state index in [4.69, 9.17) is 11.6 Å². The minimum absolute atomic E-state index is 0.0100. The molecular formula is C7H10ClN3O. The molecule has 0 unspecified atom stereocenters. The molecule has 0 aliphatic heterocycles. The van der Waals surface area contributed by atoms with Crippen molar-refractivity contribution in [1.82, 2.24) is 9.78 Å². The van der Waals surface area contributed by atoms with Crippen molar-refractivity contribution in [2.45, 2.75) is 13.5 Å². The summed E-state index contributed by atoms with van der Waals surface area (Å²) in [5, 5.41) is 6.74. The van der Waals surface area contributed by atoms with Gasteiger partial charge in [-0.2, -0.15) is 5.10 Å². The quantitative estimate of drug-likeness (QED) is 0.750. The lowest BCUT2D eigenvalue weighted by Crippen LogP contribution is -2.15. The van der Waals surface area contributed by atoms with Gasteiger partial charge in [0, 0.05) is 19.7 Å². The van der Waals surface area contributed by atoms with E-state index in [9.17, 15) is 4.79 Å². The first-order chi connectivity index (χ1) is 5.69. The maximum Gasteiger partial charge on any atom is 0.221 e. The van der Waals surface area contributed by atoms with Gasteiger partial charge in [-0.05, 0) is 6.92 Å². The predicted molar refractivity (Wildman–Crippen MR) is 48.7 cm³/mol. The highest BCUT2D eigenvalue weighted by Crippen LogP contribution is 2.04. The van der Waals surface area contributed by atoms with Crippen LogP contribution in [-0.4, -0.2) is 16.8 Å². The first kappa shape index (κ1) is 9.06. The van der Waals surface area contributed by atoms with Gasteiger partial charge in [0.2, 0.25) is 5.43 Å². The molecule has 0 atom stereocenters. The predicted octanol–water partition coefficient (Wildman–Crippen LogP) is 0.958. The van der Waals surface area contributed by atoms with E-state index in [1.54, 1.807) is 11.7 Å². The van der Waals surface area contributed by atoms with Crippen LogP contribution in [0, 0.1) is 0 Å². The van der Waals surface area contributed by atoms with Gasteiger partial charge in [0.05, 0.1) is 0 Å². The van der Waals surface area contributed by atoms with Crippen LogP contribution in [-0.2, 0) is 6.54 Å². The highest BCUT2D eigenvalue weighted by Gasteiger charge is 2.02. The number of nitrogens with zero attached hydrogens (tertiary/aromatic N) is 2. The lowest BCUT2D eigenvalue weighted by molar-refractivity contribution is 0.646. The van der Waals surface area contributed by atoms with E-state index >= 15 is 0 Å². The SMILES string of the molecule is CCn1nc(Cl)c(=O)cc1NC. The average molecular weight is 188 g/mol. The fourth-order valence-corrected chi connectivity index (χ4v) is 1.06. The molecular weight excluding hydrogens is 178 g/mol. The number of rotatable bonds is 2. The standard InChI is InChI=1S/C7H10ClN3O/c1-3-11-6(9-2)4-5(12)7(8)10-11/h4,9H,3H2,1-2H3. The van der Waals surface area contributed by atoms with E-state index < -0.39 is 0 Å². The minimum Gasteiger partial charge on any atom is -0.373 e. The second-order valence-electron chi connectivity index (χ2n) is 2.25. The van der Waals surface area contributed by atoms with Crippen LogP contribution in [0.15, 0.2) is 10.9 Å². The largest absolute Gasteiger partial charge is 0.373 e. The van der Waals surface area contributed by atoms with Crippen LogP contribution in [0.4, 0.5) is 5.82 Å². The topological polar surface area (TPSA) is 46.9 Å². The Kier molecular flexibility index (Phi) is 2.70. The molecule has 1 rings (SSSR count). The first-order valence-electron chi connectivity index (χ1n) is 3.64. The zero-order valence-electron chi connectivity index (χ0n) is 6.97. The van der Waals surface area contributed by atoms with E-state index in [1.807, 2.05) is 6.92 Å². The smallest absolute Gasteiger partial charge is 0.221 e. The average Bonchev–Trinajstić information content (AvgIpc) is 2.09. The molecule has 5 heteroatoms. The second kappa shape index (κ2) is 3.58. The summed E-state index contributed by atoms with van der Waals surface area (Å²) >= 11 is 5.55. The minimum atomic E-state index is -0.259. The molecule has 0 spiro atoms. The fourth-order valence-electron chi connectivity index (χ4n) is 0.910. The van der Waals surface area contributed by atoms with E-state index in [1.165, 1.54) is 6.07 Å². The number of aryl methyl sites for hydroxylation is 1. The van der Waals surface area contributed by atoms with Gasteiger partial charge in [0.25, 0.3) is 0 Å². The second-order valence-corrected chi connectivity index (χ2v) is 2.61. The van der Waals surface area contributed by atoms with Crippen molar-refractivity contribution in [3.05, 3.63) is 21.4 Å². The third kappa shape index (κ3) is 1.58. The summed E-state index contributed by atoms with van der Waals surface area (Å²) in [7, 11) is 1.73. The number of hydrogen-bond donors (Lipinski definition) is 1. The lowest BCUT2D eigenvalue weighted by Gasteiger charge is -2.08. The molecule has 0 saturated carbocycles. The van der Waals surface area contributed by atoms with Crippen LogP contribution in [0.2, 0.25) is 5.15 Å². The Morgan fingerprint density at radius 2 is 2.42 bits per heavy atom. The Hall–Kier alpha value is -1.03. The Morgan fingerprint density at radius 1 is 1.75 bits per heavy atom. The molecule has 0 radical (unpaired) electrons. The molecule has 1 aromatic rings. The molecule has 0 amide bonds. The third-order valence-corrected chi connectivity index (χ3v) is 1.78. The normalized spacial score (nSPS) is 9.92. The summed E-state index contributed by atoms with van der Waals surface area (Å²) in [6, 6.07) is 1.43. The Bertz CT molecular complexity index is 334. The van der Waals surface area contributed by atoms with E-state index in [0.717, 1.165) is 0 Å². The molecule has 0 fully saturated rings. The number of halogens is 1. The van der Waals surface area contributed by atoms with Crippen molar-refractivity contribution in [3.8, 4) is 0 Å². The van der Waals surface area contributed by atoms with Crippen molar-refractivity contribution in [2.75, 3.05) is 12.4 Å². The van der Waals surface area contributed by atoms with Crippen LogP contribution < -0.4 is 10.7 Å². The maximum atomic E-state index is 11.0. The van der Waals surface area contributed by atoms with Gasteiger partial charge in [-0.3, -0.25) is 4.79 Å². The van der Waals surface area contributed by atoms with E-state index in [0.29, 0.717) is 12.4 Å². The Morgan fingerprint density at radius 3 is 2.92 bits per heavy atom. The Labute approximate surface area is 75.2 Å². The molecule has 1 aromatic heterocycles. The van der Waals surface area contributed by atoms with Crippen molar-refractivity contribution in [1.29, 1.82) is 0 Å². The molecule has 0 aromatic carbocycles. The van der Waals surface area contributed by atoms with Crippen LogP contribution >= 0.6 is 11.6 Å². The zero-order valence-corrected chi connectivity index (χ0v) is 7.72. The summed E-state index contributed by atoms with van der Waals surface area (Å²) in [6.45, 7) is 2.60. The van der Waals surface area contributed by atoms with Gasteiger partial charge < -0.3 is 5.32 Å². The molecule has 12 heavy (non-hydrogen) atoms. The summed E-state index contributed by atoms with van der Waals surface area (Å²) in [5.74, 6) is 0.673. The van der Waals surface area contributed by atoms with Gasteiger partial charge >= 0.3 is 0 Å². The first-order valence-corrected chi connectivity index (χ1v) is 4.02. The number of hydrogen-bond acceptors (Lipinski definition) is 3. The third-order valence-electron chi connectivity index (χ3n) is 1.51. The van der Waals surface area contributed by atoms with Gasteiger partial charge in [-0.25, -0.2) is 4.68 Å². The lowest BCUT2D eigenvalue weighted by atomic mass is 10.5. The van der Waals surface area contributed by atoms with E-state index in [-0.39, 0.29) is 10.6 Å². The van der Waals surface area contributed by atoms with Crippen LogP contribution in [0.5, 0.6) is 0 Å². The summed E-state index contributed by atoms with van der Waals surface area (Å²) in [5.41, 5.74) is -0.259. The molecule has 0 saturated heterocycles. The maximum absolute atomic E-state index is 11.0. The number of anilines is 1. The van der Waals surface area contributed by atoms with Crippen LogP contribution in [0.1, 0.15) is 6.92 Å². The molecule has 0 aliphatic rings. The van der Waals surface area contributed by atoms with Gasteiger partial charge in [-0.1, -0.05) is 11.6 Å². The summed E-state index contributed by atoms with van der Waals surface area (Å²) in [6.07, 6.45) is 0. The van der Waals surface area contributed by atoms with Crippen molar-refractivity contribution >= 4 is 17.4 Å². The Balaban J connectivity index is 3.29. The van der Waals surface area contributed by atoms with Gasteiger partial charge in [0.1, 0.15) is 5.82 Å². The zero-order chi connectivity index (χ0) is 9.14. The van der Waals surface area contributed by atoms with Gasteiger partial charge in [-0.15, -0.1) is 0 Å². The summed E-state index contributed by atoms with van der Waals surface area (Å²) in [4.78, 5) is 11.0. The molecule has 1 N–H and O–H groups in total. The van der Waals surface area contributed by atoms with Crippen molar-refractivity contribution < 1.29 is 0 Å². The monoisotopic (exact) mass is 187 g/mol. The van der Waals surface area contributed by atoms with Gasteiger partial charge in [0.15, 0.2) is 5.15 Å². The molecule has 0 bridgehead atoms. The molecule has 4 nitrogen and oxygen atoms in total. The number of aromatic nitrogens is 2. The van der Waals surface area contributed by atoms with Crippen molar-refractivity contribution in [3.63, 3.8) is 0 Å². The highest BCUT2D eigenvalue weighted by molar-refractivity contribution is 6.29. The summed E-state index contributed by atoms with van der Waals surface area (Å²) < 4.78 is 1.63. The van der Waals surface area contributed by atoms with Crippen LogP contribution in [0.25, 0.3) is 0 Å². The molecule has 66 valence electrons. The highest BCUT2D eigenvalue weighted by atomic mass is 35.5. The van der Waals surface area contributed by atoms with Crippen LogP contribution in [0.3, 0.4) is 0 Å². The van der Waals surface area contributed by atoms with Crippen molar-refractivity contribution in [2.24, 2.45) is 0 Å².